The normalized spacial score (nSPS) is 25.9. The summed E-state index contributed by atoms with van der Waals surface area (Å²) in [5.41, 5.74) is 1.31. The van der Waals surface area contributed by atoms with E-state index >= 15 is 0 Å². The molecule has 2 heteroatoms. The highest BCUT2D eigenvalue weighted by Crippen LogP contribution is 2.25. The predicted octanol–water partition coefficient (Wildman–Crippen LogP) is 3.53. The quantitative estimate of drug-likeness (QED) is 0.741. The van der Waals surface area contributed by atoms with Gasteiger partial charge >= 0.3 is 0 Å². The molecule has 1 saturated carbocycles. The van der Waals surface area contributed by atoms with Crippen molar-refractivity contribution in [1.29, 1.82) is 0 Å². The molecule has 0 aliphatic heterocycles. The van der Waals surface area contributed by atoms with Crippen LogP contribution in [0.2, 0.25) is 0 Å². The standard InChI is InChI=1S/C15H29NO/c1-12-6-8-14(9-7-12)17-11-13(2)10-16-15(3,4)5/h12,14,16H,2,6-11H2,1,3-5H3. The van der Waals surface area contributed by atoms with Crippen LogP contribution in [0, 0.1) is 5.92 Å². The molecular weight excluding hydrogens is 210 g/mol. The average molecular weight is 239 g/mol. The van der Waals surface area contributed by atoms with Gasteiger partial charge in [0.25, 0.3) is 0 Å². The van der Waals surface area contributed by atoms with Gasteiger partial charge in [-0.05, 0) is 57.9 Å². The lowest BCUT2D eigenvalue weighted by Gasteiger charge is -2.27. The summed E-state index contributed by atoms with van der Waals surface area (Å²) >= 11 is 0. The fourth-order valence-electron chi connectivity index (χ4n) is 2.07. The summed E-state index contributed by atoms with van der Waals surface area (Å²) in [6.07, 6.45) is 5.55. The van der Waals surface area contributed by atoms with Crippen molar-refractivity contribution in [3.8, 4) is 0 Å². The van der Waals surface area contributed by atoms with Crippen molar-refractivity contribution in [2.45, 2.75) is 65.0 Å². The molecule has 0 unspecified atom stereocenters. The minimum absolute atomic E-state index is 0.156. The molecule has 0 saturated heterocycles. The molecule has 0 aromatic rings. The van der Waals surface area contributed by atoms with E-state index in [0.29, 0.717) is 12.7 Å². The Balaban J connectivity index is 2.11. The molecule has 0 radical (unpaired) electrons. The highest BCUT2D eigenvalue weighted by Gasteiger charge is 2.18. The minimum atomic E-state index is 0.156. The van der Waals surface area contributed by atoms with Crippen LogP contribution in [0.15, 0.2) is 12.2 Å². The molecule has 1 N–H and O–H groups in total. The van der Waals surface area contributed by atoms with Gasteiger partial charge in [-0.3, -0.25) is 0 Å². The lowest BCUT2D eigenvalue weighted by atomic mass is 9.89. The van der Waals surface area contributed by atoms with Crippen molar-refractivity contribution in [2.75, 3.05) is 13.2 Å². The van der Waals surface area contributed by atoms with Crippen LogP contribution in [0.4, 0.5) is 0 Å². The van der Waals surface area contributed by atoms with E-state index in [1.54, 1.807) is 0 Å². The summed E-state index contributed by atoms with van der Waals surface area (Å²) in [6, 6.07) is 0. The minimum Gasteiger partial charge on any atom is -0.374 e. The van der Waals surface area contributed by atoms with Crippen LogP contribution < -0.4 is 5.32 Å². The molecule has 0 heterocycles. The summed E-state index contributed by atoms with van der Waals surface area (Å²) in [5.74, 6) is 0.889. The van der Waals surface area contributed by atoms with Crippen LogP contribution >= 0.6 is 0 Å². The first-order valence-electron chi connectivity index (χ1n) is 6.90. The first kappa shape index (κ1) is 14.7. The third-order valence-electron chi connectivity index (χ3n) is 3.35. The van der Waals surface area contributed by atoms with E-state index in [1.807, 2.05) is 0 Å². The Morgan fingerprint density at radius 2 is 1.82 bits per heavy atom. The van der Waals surface area contributed by atoms with Gasteiger partial charge in [-0.2, -0.15) is 0 Å². The molecule has 0 atom stereocenters. The van der Waals surface area contributed by atoms with Crippen LogP contribution in [0.3, 0.4) is 0 Å². The zero-order valence-electron chi connectivity index (χ0n) is 12.0. The summed E-state index contributed by atoms with van der Waals surface area (Å²) in [4.78, 5) is 0. The van der Waals surface area contributed by atoms with E-state index < -0.39 is 0 Å². The van der Waals surface area contributed by atoms with E-state index in [2.05, 4.69) is 39.6 Å². The molecule has 1 rings (SSSR count). The molecular formula is C15H29NO. The lowest BCUT2D eigenvalue weighted by Crippen LogP contribution is -2.37. The molecule has 17 heavy (non-hydrogen) atoms. The Hall–Kier alpha value is -0.340. The molecule has 0 amide bonds. The van der Waals surface area contributed by atoms with Crippen molar-refractivity contribution >= 4 is 0 Å². The maximum absolute atomic E-state index is 5.92. The van der Waals surface area contributed by atoms with Crippen molar-refractivity contribution in [1.82, 2.24) is 5.32 Å². The van der Waals surface area contributed by atoms with Crippen LogP contribution in [-0.2, 0) is 4.74 Å². The van der Waals surface area contributed by atoms with Gasteiger partial charge in [0.05, 0.1) is 12.7 Å². The highest BCUT2D eigenvalue weighted by molar-refractivity contribution is 4.98. The second kappa shape index (κ2) is 6.55. The van der Waals surface area contributed by atoms with E-state index in [1.165, 1.54) is 25.7 Å². The van der Waals surface area contributed by atoms with Crippen LogP contribution in [-0.4, -0.2) is 24.8 Å². The van der Waals surface area contributed by atoms with E-state index in [9.17, 15) is 0 Å². The molecule has 100 valence electrons. The number of hydrogen-bond acceptors (Lipinski definition) is 2. The first-order valence-corrected chi connectivity index (χ1v) is 6.90. The largest absolute Gasteiger partial charge is 0.374 e. The third kappa shape index (κ3) is 6.85. The SMILES string of the molecule is C=C(CNC(C)(C)C)COC1CCC(C)CC1. The van der Waals surface area contributed by atoms with Crippen molar-refractivity contribution in [2.24, 2.45) is 5.92 Å². The second-order valence-corrected chi connectivity index (χ2v) is 6.55. The van der Waals surface area contributed by atoms with E-state index in [-0.39, 0.29) is 5.54 Å². The summed E-state index contributed by atoms with van der Waals surface area (Å²) in [7, 11) is 0. The topological polar surface area (TPSA) is 21.3 Å². The summed E-state index contributed by atoms with van der Waals surface area (Å²) < 4.78 is 5.92. The van der Waals surface area contributed by atoms with Crippen molar-refractivity contribution in [3.63, 3.8) is 0 Å². The molecule has 2 nitrogen and oxygen atoms in total. The van der Waals surface area contributed by atoms with Gasteiger partial charge in [0.1, 0.15) is 0 Å². The lowest BCUT2D eigenvalue weighted by molar-refractivity contribution is 0.0324. The van der Waals surface area contributed by atoms with E-state index in [4.69, 9.17) is 4.74 Å². The number of hydrogen-bond donors (Lipinski definition) is 1. The maximum atomic E-state index is 5.92. The van der Waals surface area contributed by atoms with Crippen LogP contribution in [0.1, 0.15) is 53.4 Å². The molecule has 0 aromatic carbocycles. The van der Waals surface area contributed by atoms with Gasteiger partial charge in [0, 0.05) is 12.1 Å². The Morgan fingerprint density at radius 3 is 2.35 bits per heavy atom. The summed E-state index contributed by atoms with van der Waals surface area (Å²) in [5, 5.41) is 3.44. The fraction of sp³-hybridized carbons (Fsp3) is 0.867. The molecule has 0 aromatic heterocycles. The second-order valence-electron chi connectivity index (χ2n) is 6.55. The van der Waals surface area contributed by atoms with Gasteiger partial charge in [0.15, 0.2) is 0 Å². The Kier molecular flexibility index (Phi) is 5.68. The highest BCUT2D eigenvalue weighted by atomic mass is 16.5. The van der Waals surface area contributed by atoms with Crippen molar-refractivity contribution < 1.29 is 4.74 Å². The molecule has 1 aliphatic rings. The van der Waals surface area contributed by atoms with Crippen molar-refractivity contribution in [3.05, 3.63) is 12.2 Å². The third-order valence-corrected chi connectivity index (χ3v) is 3.35. The van der Waals surface area contributed by atoms with Gasteiger partial charge in [-0.1, -0.05) is 13.5 Å². The maximum Gasteiger partial charge on any atom is 0.0690 e. The Bertz CT molecular complexity index is 234. The fourth-order valence-corrected chi connectivity index (χ4v) is 2.07. The van der Waals surface area contributed by atoms with Crippen LogP contribution in [0.25, 0.3) is 0 Å². The van der Waals surface area contributed by atoms with Gasteiger partial charge in [-0.25, -0.2) is 0 Å². The summed E-state index contributed by atoms with van der Waals surface area (Å²) in [6.45, 7) is 14.5. The molecule has 1 aliphatic carbocycles. The Morgan fingerprint density at radius 1 is 1.24 bits per heavy atom. The monoisotopic (exact) mass is 239 g/mol. The average Bonchev–Trinajstić information content (AvgIpc) is 2.25. The van der Waals surface area contributed by atoms with Crippen LogP contribution in [0.5, 0.6) is 0 Å². The zero-order chi connectivity index (χ0) is 12.9. The Labute approximate surface area is 107 Å². The molecule has 0 spiro atoms. The predicted molar refractivity (Wildman–Crippen MR) is 74.3 cm³/mol. The number of ether oxygens (including phenoxy) is 1. The smallest absolute Gasteiger partial charge is 0.0690 e. The first-order chi connectivity index (χ1) is 7.87. The van der Waals surface area contributed by atoms with E-state index in [0.717, 1.165) is 18.0 Å². The molecule has 1 fully saturated rings. The number of nitrogens with one attached hydrogen (secondary N) is 1. The zero-order valence-corrected chi connectivity index (χ0v) is 12.0. The number of rotatable bonds is 5. The van der Waals surface area contributed by atoms with Gasteiger partial charge in [0.2, 0.25) is 0 Å². The molecule has 0 bridgehead atoms. The van der Waals surface area contributed by atoms with Gasteiger partial charge in [-0.15, -0.1) is 0 Å². The van der Waals surface area contributed by atoms with Gasteiger partial charge < -0.3 is 10.1 Å².